The number of hydrogen-bond acceptors (Lipinski definition) is 4. The zero-order chi connectivity index (χ0) is 25.4. The molecular formula is C28H35N3O3Si. The van der Waals surface area contributed by atoms with E-state index in [9.17, 15) is 9.59 Å². The van der Waals surface area contributed by atoms with Gasteiger partial charge in [-0.05, 0) is 48.3 Å². The third kappa shape index (κ3) is 4.97. The van der Waals surface area contributed by atoms with E-state index in [-0.39, 0.29) is 16.9 Å². The lowest BCUT2D eigenvalue weighted by atomic mass is 9.95. The number of carbonyl (C=O) groups excluding carboxylic acids is 2. The third-order valence-electron chi connectivity index (χ3n) is 7.17. The molecule has 0 aliphatic carbocycles. The van der Waals surface area contributed by atoms with Crippen molar-refractivity contribution in [3.63, 3.8) is 0 Å². The van der Waals surface area contributed by atoms with Crippen molar-refractivity contribution in [1.29, 1.82) is 0 Å². The summed E-state index contributed by atoms with van der Waals surface area (Å²) in [7, 11) is 0.200. The highest BCUT2D eigenvalue weighted by atomic mass is 28.4. The Morgan fingerprint density at radius 1 is 1.00 bits per heavy atom. The number of aryl methyl sites for hydroxylation is 1. The quantitative estimate of drug-likeness (QED) is 0.247. The van der Waals surface area contributed by atoms with Crippen molar-refractivity contribution in [1.82, 2.24) is 9.88 Å². The fourth-order valence-corrected chi connectivity index (χ4v) is 5.25. The molecular weight excluding hydrogens is 454 g/mol. The average Bonchev–Trinajstić information content (AvgIpc) is 3.28. The van der Waals surface area contributed by atoms with Crippen LogP contribution in [0.15, 0.2) is 54.7 Å². The summed E-state index contributed by atoms with van der Waals surface area (Å²) in [6, 6.07) is 15.6. The maximum absolute atomic E-state index is 12.9. The molecule has 2 heterocycles. The van der Waals surface area contributed by atoms with E-state index in [0.717, 1.165) is 47.3 Å². The number of imide groups is 1. The van der Waals surface area contributed by atoms with Gasteiger partial charge in [-0.25, -0.2) is 0 Å². The second-order valence-corrected chi connectivity index (χ2v) is 15.5. The molecule has 0 saturated carbocycles. The number of amides is 2. The van der Waals surface area contributed by atoms with Gasteiger partial charge in [0.25, 0.3) is 11.8 Å². The molecule has 0 fully saturated rings. The van der Waals surface area contributed by atoms with Crippen molar-refractivity contribution >= 4 is 47.9 Å². The van der Waals surface area contributed by atoms with Gasteiger partial charge in [-0.2, -0.15) is 0 Å². The molecule has 4 rings (SSSR count). The Bertz CT molecular complexity index is 1310. The second-order valence-electron chi connectivity index (χ2n) is 10.7. The summed E-state index contributed by atoms with van der Waals surface area (Å²) in [4.78, 5) is 25.7. The van der Waals surface area contributed by atoms with Gasteiger partial charge in [-0.1, -0.05) is 51.1 Å². The van der Waals surface area contributed by atoms with Crippen LogP contribution in [0.1, 0.15) is 38.3 Å². The molecule has 0 spiro atoms. The van der Waals surface area contributed by atoms with Gasteiger partial charge in [-0.3, -0.25) is 14.9 Å². The average molecular weight is 490 g/mol. The lowest BCUT2D eigenvalue weighted by Gasteiger charge is -2.36. The van der Waals surface area contributed by atoms with Crippen LogP contribution >= 0.6 is 0 Å². The topological polar surface area (TPSA) is 72.4 Å². The summed E-state index contributed by atoms with van der Waals surface area (Å²) in [6.07, 6.45) is 2.81. The Hall–Kier alpha value is -3.16. The van der Waals surface area contributed by atoms with E-state index in [1.54, 1.807) is 0 Å². The molecule has 0 bridgehead atoms. The number of nitrogens with zero attached hydrogens (tertiary/aromatic N) is 1. The van der Waals surface area contributed by atoms with Gasteiger partial charge >= 0.3 is 0 Å². The molecule has 1 aliphatic rings. The van der Waals surface area contributed by atoms with Crippen LogP contribution in [0.2, 0.25) is 18.1 Å². The van der Waals surface area contributed by atoms with Crippen molar-refractivity contribution in [3.8, 4) is 0 Å². The van der Waals surface area contributed by atoms with Gasteiger partial charge in [0.2, 0.25) is 0 Å². The first kappa shape index (κ1) is 24.9. The maximum atomic E-state index is 12.9. The number of nitrogens with one attached hydrogen (secondary N) is 2. The minimum absolute atomic E-state index is 0.198. The highest BCUT2D eigenvalue weighted by Gasteiger charge is 2.37. The lowest BCUT2D eigenvalue weighted by molar-refractivity contribution is -0.122. The van der Waals surface area contributed by atoms with E-state index < -0.39 is 8.32 Å². The highest BCUT2D eigenvalue weighted by molar-refractivity contribution is 6.74. The first-order valence-electron chi connectivity index (χ1n) is 12.1. The normalized spacial score (nSPS) is 14.7. The Balaban J connectivity index is 1.55. The summed E-state index contributed by atoms with van der Waals surface area (Å²) in [5.74, 6) is -0.722. The van der Waals surface area contributed by atoms with Crippen molar-refractivity contribution in [2.45, 2.75) is 45.3 Å². The van der Waals surface area contributed by atoms with Gasteiger partial charge in [0.05, 0.1) is 11.1 Å². The fourth-order valence-electron chi connectivity index (χ4n) is 4.16. The minimum Gasteiger partial charge on any atom is -0.417 e. The van der Waals surface area contributed by atoms with Crippen LogP contribution in [0.3, 0.4) is 0 Å². The maximum Gasteiger partial charge on any atom is 0.259 e. The summed E-state index contributed by atoms with van der Waals surface area (Å²) in [5, 5.41) is 7.08. The number of anilines is 1. The van der Waals surface area contributed by atoms with Gasteiger partial charge in [0, 0.05) is 48.5 Å². The molecule has 6 nitrogen and oxygen atoms in total. The Morgan fingerprint density at radius 3 is 2.46 bits per heavy atom. The van der Waals surface area contributed by atoms with Crippen LogP contribution in [-0.4, -0.2) is 37.9 Å². The molecule has 1 aliphatic heterocycles. The van der Waals surface area contributed by atoms with Crippen molar-refractivity contribution in [2.75, 3.05) is 18.5 Å². The van der Waals surface area contributed by atoms with E-state index in [1.165, 1.54) is 0 Å². The minimum atomic E-state index is -1.75. The molecule has 2 amide bonds. The number of para-hydroxylation sites is 1. The van der Waals surface area contributed by atoms with Crippen molar-refractivity contribution in [3.05, 3.63) is 65.9 Å². The number of rotatable bonds is 8. The Labute approximate surface area is 208 Å². The van der Waals surface area contributed by atoms with Crippen molar-refractivity contribution in [2.24, 2.45) is 7.05 Å². The Morgan fingerprint density at radius 2 is 1.71 bits per heavy atom. The predicted octanol–water partition coefficient (Wildman–Crippen LogP) is 5.57. The molecule has 0 radical (unpaired) electrons. The highest BCUT2D eigenvalue weighted by Crippen LogP contribution is 2.37. The second kappa shape index (κ2) is 9.47. The van der Waals surface area contributed by atoms with Crippen molar-refractivity contribution < 1.29 is 14.0 Å². The molecule has 1 aromatic heterocycles. The zero-order valence-electron chi connectivity index (χ0n) is 21.5. The van der Waals surface area contributed by atoms with E-state index in [0.29, 0.717) is 11.1 Å². The predicted molar refractivity (Wildman–Crippen MR) is 146 cm³/mol. The number of fused-ring (bicyclic) bond motifs is 1. The molecule has 35 heavy (non-hydrogen) atoms. The lowest BCUT2D eigenvalue weighted by Crippen LogP contribution is -2.41. The number of aromatic nitrogens is 1. The summed E-state index contributed by atoms with van der Waals surface area (Å²) in [5.41, 5.74) is 4.24. The first-order chi connectivity index (χ1) is 16.5. The summed E-state index contributed by atoms with van der Waals surface area (Å²) >= 11 is 0. The van der Waals surface area contributed by atoms with Crippen LogP contribution in [0, 0.1) is 0 Å². The zero-order valence-corrected chi connectivity index (χ0v) is 22.5. The van der Waals surface area contributed by atoms with Gasteiger partial charge in [0.1, 0.15) is 0 Å². The molecule has 0 saturated heterocycles. The monoisotopic (exact) mass is 489 g/mol. The molecule has 3 aromatic rings. The number of benzene rings is 2. The fraction of sp³-hybridized carbons (Fsp3) is 0.357. The summed E-state index contributed by atoms with van der Waals surface area (Å²) in [6.45, 7) is 12.7. The number of carbonyl (C=O) groups is 2. The van der Waals surface area contributed by atoms with Gasteiger partial charge in [-0.15, -0.1) is 0 Å². The first-order valence-corrected chi connectivity index (χ1v) is 15.0. The van der Waals surface area contributed by atoms with Gasteiger partial charge < -0.3 is 14.3 Å². The largest absolute Gasteiger partial charge is 0.417 e. The SMILES string of the molecule is Cn1cc(C2=C(c3cccc(NCCCO[Si](C)(C)C(C)(C)C)c3)C(=O)NC2=O)c2ccccc21. The molecule has 0 atom stereocenters. The van der Waals surface area contributed by atoms with Crippen LogP contribution in [0.4, 0.5) is 5.69 Å². The van der Waals surface area contributed by atoms with E-state index >= 15 is 0 Å². The van der Waals surface area contributed by atoms with E-state index in [4.69, 9.17) is 4.43 Å². The molecule has 7 heteroatoms. The standard InChI is InChI=1S/C28H35N3O3Si/c1-28(2,3)35(5,6)34-16-10-15-29-20-12-9-11-19(17-20)24-25(27(33)30-26(24)32)22-18-31(4)23-14-8-7-13-21(22)23/h7-9,11-14,17-18,29H,10,15-16H2,1-6H3,(H,30,32,33). The molecule has 2 N–H and O–H groups in total. The van der Waals surface area contributed by atoms with E-state index in [1.807, 2.05) is 66.3 Å². The van der Waals surface area contributed by atoms with E-state index in [2.05, 4.69) is 44.5 Å². The van der Waals surface area contributed by atoms with Gasteiger partial charge in [0.15, 0.2) is 8.32 Å². The molecule has 0 unspecified atom stereocenters. The smallest absolute Gasteiger partial charge is 0.259 e. The number of hydrogen-bond donors (Lipinski definition) is 2. The van der Waals surface area contributed by atoms with Crippen LogP contribution in [0.5, 0.6) is 0 Å². The molecule has 184 valence electrons. The third-order valence-corrected chi connectivity index (χ3v) is 11.7. The van der Waals surface area contributed by atoms with Crippen LogP contribution in [0.25, 0.3) is 22.0 Å². The Kier molecular flexibility index (Phi) is 6.75. The molecule has 2 aromatic carbocycles. The van der Waals surface area contributed by atoms with Crippen LogP contribution < -0.4 is 10.6 Å². The summed E-state index contributed by atoms with van der Waals surface area (Å²) < 4.78 is 8.24. The van der Waals surface area contributed by atoms with Crippen LogP contribution in [-0.2, 0) is 21.1 Å².